The number of aliphatic carboxylic acids is 1. The quantitative estimate of drug-likeness (QED) is 0.0787. The second kappa shape index (κ2) is 15.6. The van der Waals surface area contributed by atoms with E-state index in [9.17, 15) is 18.8 Å². The molecule has 1 fully saturated rings. The number of ether oxygens (including phenoxy) is 3. The number of carbonyl (C=O) groups is 3. The number of amides is 2. The molecule has 1 aliphatic rings. The van der Waals surface area contributed by atoms with Crippen LogP contribution in [0.2, 0.25) is 5.02 Å². The molecule has 13 heteroatoms. The van der Waals surface area contributed by atoms with Gasteiger partial charge in [-0.2, -0.15) is 0 Å². The van der Waals surface area contributed by atoms with Gasteiger partial charge in [0, 0.05) is 35.4 Å². The first kappa shape index (κ1) is 35.0. The second-order valence-corrected chi connectivity index (χ2v) is 11.0. The molecule has 0 aliphatic heterocycles. The van der Waals surface area contributed by atoms with Gasteiger partial charge in [0.15, 0.2) is 11.5 Å². The monoisotopic (exact) mass is 659 g/mol. The van der Waals surface area contributed by atoms with Gasteiger partial charge in [-0.3, -0.25) is 19.4 Å². The van der Waals surface area contributed by atoms with Gasteiger partial charge in [0.1, 0.15) is 22.7 Å². The van der Waals surface area contributed by atoms with Crippen LogP contribution in [0, 0.1) is 11.2 Å². The summed E-state index contributed by atoms with van der Waals surface area (Å²) in [6.45, 7) is 0.399. The number of carboxylic acid groups (broad SMARTS) is 1. The summed E-state index contributed by atoms with van der Waals surface area (Å²) in [4.78, 5) is 41.1. The first-order valence-corrected chi connectivity index (χ1v) is 14.7. The third-order valence-corrected chi connectivity index (χ3v) is 7.71. The zero-order chi connectivity index (χ0) is 32.0. The number of hydrogen-bond donors (Lipinski definition) is 3. The molecule has 46 heavy (non-hydrogen) atoms. The number of pyridine rings is 1. The molecule has 0 radical (unpaired) electrons. The molecular formula is C33H32ClFN3NaO7. The van der Waals surface area contributed by atoms with E-state index in [0.29, 0.717) is 77.6 Å². The topological polar surface area (TPSA) is 136 Å². The van der Waals surface area contributed by atoms with E-state index in [1.54, 1.807) is 36.5 Å². The summed E-state index contributed by atoms with van der Waals surface area (Å²) in [5.74, 6) is -0.373. The Hall–Kier alpha value is -3.90. The Kier molecular flexibility index (Phi) is 11.9. The molecule has 4 aromatic rings. The number of benzene rings is 3. The second-order valence-electron chi connectivity index (χ2n) is 10.6. The van der Waals surface area contributed by atoms with Crippen LogP contribution in [0.25, 0.3) is 10.9 Å². The molecule has 5 rings (SSSR count). The summed E-state index contributed by atoms with van der Waals surface area (Å²) in [6, 6.07) is 15.3. The van der Waals surface area contributed by atoms with E-state index in [-0.39, 0.29) is 41.0 Å². The minimum absolute atomic E-state index is 0. The number of unbranched alkanes of at least 4 members (excludes halogenated alkanes) is 2. The fourth-order valence-electron chi connectivity index (χ4n) is 4.72. The molecule has 1 saturated carbocycles. The van der Waals surface area contributed by atoms with Crippen molar-refractivity contribution < 1.29 is 38.1 Å². The number of fused-ring (bicyclic) bond motifs is 1. The number of halogens is 2. The molecule has 0 bridgehead atoms. The number of nitrogens with zero attached hydrogens (tertiary/aromatic N) is 1. The Balaban J connectivity index is 0.00000480. The van der Waals surface area contributed by atoms with Crippen molar-refractivity contribution >= 4 is 81.2 Å². The summed E-state index contributed by atoms with van der Waals surface area (Å²) in [7, 11) is 1.53. The van der Waals surface area contributed by atoms with Crippen molar-refractivity contribution in [3.05, 3.63) is 77.7 Å². The van der Waals surface area contributed by atoms with Gasteiger partial charge in [-0.25, -0.2) is 4.39 Å². The van der Waals surface area contributed by atoms with Gasteiger partial charge in [0.25, 0.3) is 0 Å². The summed E-state index contributed by atoms with van der Waals surface area (Å²) < 4.78 is 30.8. The minimum atomic E-state index is -1.21. The molecule has 2 amide bonds. The van der Waals surface area contributed by atoms with E-state index in [2.05, 4.69) is 15.6 Å². The summed E-state index contributed by atoms with van der Waals surface area (Å²) in [5.41, 5.74) is 0.181. The van der Waals surface area contributed by atoms with Crippen molar-refractivity contribution in [1.82, 2.24) is 4.98 Å². The van der Waals surface area contributed by atoms with Crippen LogP contribution >= 0.6 is 11.6 Å². The van der Waals surface area contributed by atoms with Gasteiger partial charge < -0.3 is 30.0 Å². The number of nitrogens with one attached hydrogen (secondary N) is 2. The number of carboxylic acids is 1. The Morgan fingerprint density at radius 2 is 1.59 bits per heavy atom. The average molecular weight is 660 g/mol. The zero-order valence-corrected chi connectivity index (χ0v) is 25.2. The molecule has 0 atom stereocenters. The van der Waals surface area contributed by atoms with Gasteiger partial charge in [0.2, 0.25) is 11.8 Å². The summed E-state index contributed by atoms with van der Waals surface area (Å²) in [5, 5.41) is 15.1. The molecule has 3 aromatic carbocycles. The number of rotatable bonds is 14. The van der Waals surface area contributed by atoms with Gasteiger partial charge in [0.05, 0.1) is 24.3 Å². The van der Waals surface area contributed by atoms with E-state index >= 15 is 0 Å². The fraction of sp³-hybridized carbons (Fsp3) is 0.273. The fourth-order valence-corrected chi connectivity index (χ4v) is 4.94. The van der Waals surface area contributed by atoms with Gasteiger partial charge in [-0.15, -0.1) is 0 Å². The van der Waals surface area contributed by atoms with Gasteiger partial charge in [-0.1, -0.05) is 11.6 Å². The number of carbonyl (C=O) groups excluding carboxylic acids is 2. The van der Waals surface area contributed by atoms with E-state index in [1.165, 1.54) is 37.4 Å². The Labute approximate surface area is 291 Å². The predicted molar refractivity (Wildman–Crippen MR) is 174 cm³/mol. The van der Waals surface area contributed by atoms with Crippen molar-refractivity contribution in [2.45, 2.75) is 38.5 Å². The zero-order valence-electron chi connectivity index (χ0n) is 24.4. The van der Waals surface area contributed by atoms with Crippen molar-refractivity contribution in [3.8, 4) is 23.0 Å². The van der Waals surface area contributed by atoms with E-state index in [1.807, 2.05) is 0 Å². The third-order valence-electron chi connectivity index (χ3n) is 7.41. The van der Waals surface area contributed by atoms with E-state index in [0.717, 1.165) is 6.42 Å². The van der Waals surface area contributed by atoms with Crippen LogP contribution in [-0.4, -0.2) is 71.1 Å². The number of aromatic nitrogens is 1. The average Bonchev–Trinajstić information content (AvgIpc) is 3.83. The van der Waals surface area contributed by atoms with E-state index in [4.69, 9.17) is 30.9 Å². The van der Waals surface area contributed by atoms with Crippen molar-refractivity contribution in [2.24, 2.45) is 5.41 Å². The van der Waals surface area contributed by atoms with Crippen LogP contribution in [0.5, 0.6) is 23.0 Å². The Bertz CT molecular complexity index is 1730. The first-order chi connectivity index (χ1) is 21.7. The molecule has 0 spiro atoms. The van der Waals surface area contributed by atoms with Crippen LogP contribution in [0.15, 0.2) is 66.9 Å². The van der Waals surface area contributed by atoms with Crippen LogP contribution in [0.1, 0.15) is 38.5 Å². The van der Waals surface area contributed by atoms with Crippen LogP contribution in [0.4, 0.5) is 15.8 Å². The van der Waals surface area contributed by atoms with Gasteiger partial charge in [-0.05, 0) is 86.7 Å². The first-order valence-electron chi connectivity index (χ1n) is 14.4. The van der Waals surface area contributed by atoms with Crippen molar-refractivity contribution in [1.29, 1.82) is 0 Å². The summed E-state index contributed by atoms with van der Waals surface area (Å²) >= 11 is 6.54. The van der Waals surface area contributed by atoms with Crippen LogP contribution in [-0.2, 0) is 14.4 Å². The Morgan fingerprint density at radius 3 is 2.24 bits per heavy atom. The van der Waals surface area contributed by atoms with Crippen molar-refractivity contribution in [2.75, 3.05) is 24.4 Å². The molecule has 10 nitrogen and oxygen atoms in total. The molecule has 1 aromatic heterocycles. The Morgan fingerprint density at radius 1 is 0.891 bits per heavy atom. The third kappa shape index (κ3) is 8.47. The maximum atomic E-state index is 13.2. The molecular weight excluding hydrogens is 628 g/mol. The number of anilines is 2. The maximum absolute atomic E-state index is 13.2. The normalized spacial score (nSPS) is 12.8. The summed E-state index contributed by atoms with van der Waals surface area (Å²) in [6.07, 6.45) is 4.51. The van der Waals surface area contributed by atoms with Crippen LogP contribution in [0.3, 0.4) is 0 Å². The number of hydrogen-bond acceptors (Lipinski definition) is 7. The van der Waals surface area contributed by atoms with E-state index < -0.39 is 29.0 Å². The molecule has 236 valence electrons. The van der Waals surface area contributed by atoms with Gasteiger partial charge >= 0.3 is 35.5 Å². The SMILES string of the molecule is COc1cc2c(Oc3ccc(NC(=O)C4(C(=O)Nc5ccc(F)cc5)CC4)cc3Cl)ccnc2cc1OCCCCCC(=O)O.[NaH]. The predicted octanol–water partition coefficient (Wildman–Crippen LogP) is 6.56. The molecule has 0 saturated heterocycles. The standard InChI is InChI=1S/C33H31ClFN3O7.Na.H/c1-43-28-18-23-25(19-29(28)44-16-4-2-3-5-30(39)40)36-15-12-26(23)45-27-11-10-22(17-24(27)34)38-32(42)33(13-14-33)31(41)37-21-8-6-20(35)7-9-21;;/h6-12,15,17-19H,2-5,13-14,16H2,1H3,(H,37,41)(H,38,42)(H,39,40);;. The van der Waals surface area contributed by atoms with Crippen LogP contribution < -0.4 is 24.8 Å². The molecule has 3 N–H and O–H groups in total. The molecule has 1 aliphatic carbocycles. The molecule has 1 heterocycles. The van der Waals surface area contributed by atoms with Crippen molar-refractivity contribution in [3.63, 3.8) is 0 Å². The number of methoxy groups -OCH3 is 1. The molecule has 0 unspecified atom stereocenters.